The average molecular weight is 594 g/mol. The summed E-state index contributed by atoms with van der Waals surface area (Å²) in [6.45, 7) is 0.857. The molecule has 1 heterocycles. The van der Waals surface area contributed by atoms with E-state index < -0.39 is 31.7 Å². The molecule has 1 amide bonds. The minimum atomic E-state index is -3.80. The fourth-order valence-corrected chi connectivity index (χ4v) is 4.87. The van der Waals surface area contributed by atoms with E-state index in [0.29, 0.717) is 13.0 Å². The van der Waals surface area contributed by atoms with Gasteiger partial charge in [0.2, 0.25) is 10.0 Å². The lowest BCUT2D eigenvalue weighted by molar-refractivity contribution is 0.100. The number of nitrogens with one attached hydrogen (secondary N) is 1. The van der Waals surface area contributed by atoms with Crippen LogP contribution in [0.25, 0.3) is 0 Å². The molecule has 0 saturated carbocycles. The molecule has 0 spiro atoms. The first-order valence-electron chi connectivity index (χ1n) is 10.2. The number of ether oxygens (including phenoxy) is 1. The van der Waals surface area contributed by atoms with Crippen LogP contribution in [-0.4, -0.2) is 51.1 Å². The van der Waals surface area contributed by atoms with Crippen LogP contribution in [0.3, 0.4) is 0 Å². The van der Waals surface area contributed by atoms with Crippen LogP contribution in [0.2, 0.25) is 0 Å². The second-order valence-electron chi connectivity index (χ2n) is 7.40. The van der Waals surface area contributed by atoms with Gasteiger partial charge < -0.3 is 20.8 Å². The van der Waals surface area contributed by atoms with Gasteiger partial charge in [0.15, 0.2) is 15.8 Å². The van der Waals surface area contributed by atoms with E-state index >= 15 is 0 Å². The van der Waals surface area contributed by atoms with Crippen molar-refractivity contribution in [3.8, 4) is 11.5 Å². The van der Waals surface area contributed by atoms with Gasteiger partial charge in [-0.25, -0.2) is 26.5 Å². The number of aliphatic imine (C=N–C) groups is 1. The van der Waals surface area contributed by atoms with Crippen LogP contribution < -0.4 is 20.9 Å². The highest BCUT2D eigenvalue weighted by molar-refractivity contribution is 7.90. The standard InChI is InChI=1S/C21H24N6O6S2.2ClH/c1-34(29,30)19-13-15(20(28)26-21(22)23)3-8-18(19)33-16-4-6-17(7-5-16)35(31,32)25-9-2-11-27-12-10-24-14-27;;/h3-8,10,12-14,25H,2,9,11H2,1H3,(H4,22,23,26,28);2*1H. The molecular formula is C21H26Cl2N6O6S2. The Bertz CT molecular complexity index is 1440. The van der Waals surface area contributed by atoms with Crippen LogP contribution >= 0.6 is 24.8 Å². The first kappa shape index (κ1) is 31.9. The van der Waals surface area contributed by atoms with Gasteiger partial charge in [-0.05, 0) is 48.9 Å². The van der Waals surface area contributed by atoms with Gasteiger partial charge in [-0.1, -0.05) is 0 Å². The number of aryl methyl sites for hydroxylation is 1. The summed E-state index contributed by atoms with van der Waals surface area (Å²) < 4.78 is 59.6. The number of imidazole rings is 1. The van der Waals surface area contributed by atoms with Gasteiger partial charge in [-0.15, -0.1) is 24.8 Å². The zero-order valence-electron chi connectivity index (χ0n) is 19.5. The number of halogens is 2. The lowest BCUT2D eigenvalue weighted by Crippen LogP contribution is -2.25. The average Bonchev–Trinajstić information content (AvgIpc) is 3.30. The van der Waals surface area contributed by atoms with Crippen molar-refractivity contribution in [3.05, 3.63) is 66.7 Å². The molecule has 0 unspecified atom stereocenters. The number of guanidine groups is 1. The molecule has 2 aromatic carbocycles. The van der Waals surface area contributed by atoms with E-state index in [1.54, 1.807) is 18.7 Å². The molecule has 5 N–H and O–H groups in total. The van der Waals surface area contributed by atoms with E-state index in [9.17, 15) is 21.6 Å². The Morgan fingerprint density at radius 2 is 1.76 bits per heavy atom. The predicted octanol–water partition coefficient (Wildman–Crippen LogP) is 1.70. The van der Waals surface area contributed by atoms with Gasteiger partial charge in [-0.3, -0.25) is 4.79 Å². The number of sulfonamides is 1. The van der Waals surface area contributed by atoms with Crippen molar-refractivity contribution in [2.45, 2.75) is 22.8 Å². The van der Waals surface area contributed by atoms with Crippen molar-refractivity contribution < 1.29 is 26.4 Å². The van der Waals surface area contributed by atoms with Gasteiger partial charge >= 0.3 is 0 Å². The Hall–Kier alpha value is -3.17. The van der Waals surface area contributed by atoms with E-state index in [2.05, 4.69) is 14.7 Å². The van der Waals surface area contributed by atoms with Gasteiger partial charge in [0.25, 0.3) is 5.91 Å². The summed E-state index contributed by atoms with van der Waals surface area (Å²) in [6.07, 6.45) is 6.62. The van der Waals surface area contributed by atoms with Crippen molar-refractivity contribution in [3.63, 3.8) is 0 Å². The summed E-state index contributed by atoms with van der Waals surface area (Å²) in [5, 5.41) is 0. The van der Waals surface area contributed by atoms with Crippen LogP contribution in [0.4, 0.5) is 0 Å². The van der Waals surface area contributed by atoms with Crippen molar-refractivity contribution in [1.82, 2.24) is 14.3 Å². The molecule has 0 aliphatic carbocycles. The third kappa shape index (κ3) is 9.02. The number of nitrogens with two attached hydrogens (primary N) is 2. The number of hydrogen-bond acceptors (Lipinski definition) is 7. The highest BCUT2D eigenvalue weighted by Gasteiger charge is 2.19. The molecular weight excluding hydrogens is 567 g/mol. The molecule has 3 rings (SSSR count). The number of sulfone groups is 1. The molecule has 16 heteroatoms. The van der Waals surface area contributed by atoms with Crippen molar-refractivity contribution >= 4 is 56.5 Å². The third-order valence-corrected chi connectivity index (χ3v) is 7.22. The van der Waals surface area contributed by atoms with E-state index in [-0.39, 0.29) is 58.2 Å². The number of carbonyl (C=O) groups is 1. The highest BCUT2D eigenvalue weighted by atomic mass is 35.5. The summed E-state index contributed by atoms with van der Waals surface area (Å²) >= 11 is 0. The van der Waals surface area contributed by atoms with E-state index in [1.165, 1.54) is 36.4 Å². The van der Waals surface area contributed by atoms with Gasteiger partial charge in [-0.2, -0.15) is 4.99 Å². The maximum Gasteiger partial charge on any atom is 0.280 e. The molecule has 0 aliphatic rings. The number of benzene rings is 2. The maximum atomic E-state index is 12.5. The summed E-state index contributed by atoms with van der Waals surface area (Å²) in [6, 6.07) is 9.17. The normalized spacial score (nSPS) is 11.1. The molecule has 37 heavy (non-hydrogen) atoms. The van der Waals surface area contributed by atoms with Gasteiger partial charge in [0, 0.05) is 37.3 Å². The Kier molecular flexibility index (Phi) is 11.5. The molecule has 0 radical (unpaired) electrons. The fraction of sp³-hybridized carbons (Fsp3) is 0.190. The largest absolute Gasteiger partial charge is 0.456 e. The Morgan fingerprint density at radius 3 is 2.32 bits per heavy atom. The molecule has 3 aromatic rings. The first-order chi connectivity index (χ1) is 16.5. The molecule has 0 atom stereocenters. The summed E-state index contributed by atoms with van der Waals surface area (Å²) in [7, 11) is -7.54. The van der Waals surface area contributed by atoms with Crippen LogP contribution in [0.1, 0.15) is 16.8 Å². The van der Waals surface area contributed by atoms with Crippen LogP contribution in [-0.2, 0) is 26.4 Å². The second-order valence-corrected chi connectivity index (χ2v) is 11.2. The van der Waals surface area contributed by atoms with Gasteiger partial charge in [0.05, 0.1) is 11.2 Å². The SMILES string of the molecule is CS(=O)(=O)c1cc(C(=O)N=C(N)N)ccc1Oc1ccc(S(=O)(=O)NCCCn2ccnc2)cc1.Cl.Cl. The predicted molar refractivity (Wildman–Crippen MR) is 143 cm³/mol. The number of carbonyl (C=O) groups excluding carboxylic acids is 1. The number of nitrogens with zero attached hydrogens (tertiary/aromatic N) is 3. The van der Waals surface area contributed by atoms with Crippen LogP contribution in [0.15, 0.2) is 76.0 Å². The monoisotopic (exact) mass is 592 g/mol. The molecule has 0 fully saturated rings. The third-order valence-electron chi connectivity index (χ3n) is 4.63. The lowest BCUT2D eigenvalue weighted by atomic mass is 10.2. The van der Waals surface area contributed by atoms with Gasteiger partial charge in [0.1, 0.15) is 16.4 Å². The minimum absolute atomic E-state index is 0. The molecule has 0 saturated heterocycles. The quantitative estimate of drug-likeness (QED) is 0.179. The molecule has 0 aliphatic heterocycles. The Balaban J connectivity index is 0.00000342. The lowest BCUT2D eigenvalue weighted by Gasteiger charge is -2.12. The number of rotatable bonds is 10. The summed E-state index contributed by atoms with van der Waals surface area (Å²) in [4.78, 5) is 19.1. The fourth-order valence-electron chi connectivity index (χ4n) is 2.98. The number of aromatic nitrogens is 2. The Labute approximate surface area is 226 Å². The topological polar surface area (TPSA) is 189 Å². The van der Waals surface area contributed by atoms with Crippen molar-refractivity contribution in [2.75, 3.05) is 12.8 Å². The van der Waals surface area contributed by atoms with E-state index in [0.717, 1.165) is 12.3 Å². The highest BCUT2D eigenvalue weighted by Crippen LogP contribution is 2.30. The molecule has 0 bridgehead atoms. The van der Waals surface area contributed by atoms with Crippen LogP contribution in [0, 0.1) is 0 Å². The number of hydrogen-bond donors (Lipinski definition) is 3. The maximum absolute atomic E-state index is 12.5. The van der Waals surface area contributed by atoms with Crippen LogP contribution in [0.5, 0.6) is 11.5 Å². The van der Waals surface area contributed by atoms with Crippen molar-refractivity contribution in [2.24, 2.45) is 16.5 Å². The molecule has 12 nitrogen and oxygen atoms in total. The molecule has 1 aromatic heterocycles. The zero-order valence-corrected chi connectivity index (χ0v) is 22.7. The summed E-state index contributed by atoms with van der Waals surface area (Å²) in [5.41, 5.74) is 10.3. The van der Waals surface area contributed by atoms with Crippen molar-refractivity contribution in [1.29, 1.82) is 0 Å². The Morgan fingerprint density at radius 1 is 1.08 bits per heavy atom. The number of amides is 1. The smallest absolute Gasteiger partial charge is 0.280 e. The van der Waals surface area contributed by atoms with E-state index in [4.69, 9.17) is 16.2 Å². The summed E-state index contributed by atoms with van der Waals surface area (Å²) in [5.74, 6) is -1.13. The zero-order chi connectivity index (χ0) is 25.6. The minimum Gasteiger partial charge on any atom is -0.456 e. The second kappa shape index (κ2) is 13.4. The van der Waals surface area contributed by atoms with E-state index in [1.807, 2.05) is 4.57 Å². The molecule has 202 valence electrons. The first-order valence-corrected chi connectivity index (χ1v) is 13.5.